The van der Waals surface area contributed by atoms with Crippen molar-refractivity contribution >= 4 is 21.6 Å². The summed E-state index contributed by atoms with van der Waals surface area (Å²) >= 11 is 3.50. The van der Waals surface area contributed by atoms with Crippen molar-refractivity contribution in [3.63, 3.8) is 0 Å². The molecule has 2 rings (SSSR count). The Bertz CT molecular complexity index is 536. The van der Waals surface area contributed by atoms with Gasteiger partial charge in [0.1, 0.15) is 0 Å². The van der Waals surface area contributed by atoms with Crippen molar-refractivity contribution in [1.29, 1.82) is 0 Å². The van der Waals surface area contributed by atoms with Crippen LogP contribution in [0.15, 0.2) is 35.1 Å². The first-order valence-electron chi connectivity index (χ1n) is 5.77. The lowest BCUT2D eigenvalue weighted by molar-refractivity contribution is 0.766. The molecule has 0 aliphatic rings. The predicted octanol–water partition coefficient (Wildman–Crippen LogP) is 2.28. The van der Waals surface area contributed by atoms with Crippen molar-refractivity contribution in [3.05, 3.63) is 46.2 Å². The second-order valence-electron chi connectivity index (χ2n) is 4.36. The van der Waals surface area contributed by atoms with E-state index in [2.05, 4.69) is 45.1 Å². The normalized spacial score (nSPS) is 10.7. The Balaban J connectivity index is 2.22. The summed E-state index contributed by atoms with van der Waals surface area (Å²) in [4.78, 5) is 2.18. The van der Waals surface area contributed by atoms with Crippen molar-refractivity contribution in [2.45, 2.75) is 13.1 Å². The number of nitrogens with two attached hydrogens (primary N) is 1. The molecule has 2 aromatic rings. The Labute approximate surface area is 116 Å². The number of rotatable bonds is 4. The Morgan fingerprint density at radius 1 is 1.44 bits per heavy atom. The highest BCUT2D eigenvalue weighted by molar-refractivity contribution is 9.10. The number of aryl methyl sites for hydroxylation is 1. The summed E-state index contributed by atoms with van der Waals surface area (Å²) in [5.41, 5.74) is 9.25. The minimum atomic E-state index is 0.542. The van der Waals surface area contributed by atoms with E-state index in [4.69, 9.17) is 5.73 Å². The highest BCUT2D eigenvalue weighted by Crippen LogP contribution is 2.25. The predicted molar refractivity (Wildman–Crippen MR) is 77.3 cm³/mol. The fourth-order valence-corrected chi connectivity index (χ4v) is 2.33. The van der Waals surface area contributed by atoms with E-state index >= 15 is 0 Å². The van der Waals surface area contributed by atoms with E-state index in [1.54, 1.807) is 0 Å². The van der Waals surface area contributed by atoms with Crippen LogP contribution in [0.1, 0.15) is 11.1 Å². The first-order chi connectivity index (χ1) is 8.60. The third-order valence-electron chi connectivity index (χ3n) is 2.86. The maximum atomic E-state index is 5.78. The molecule has 5 heteroatoms. The summed E-state index contributed by atoms with van der Waals surface area (Å²) in [6, 6.07) is 6.17. The van der Waals surface area contributed by atoms with Gasteiger partial charge in [-0.2, -0.15) is 5.10 Å². The van der Waals surface area contributed by atoms with Gasteiger partial charge in [0, 0.05) is 49.1 Å². The van der Waals surface area contributed by atoms with Crippen molar-refractivity contribution < 1.29 is 0 Å². The molecule has 0 saturated carbocycles. The van der Waals surface area contributed by atoms with E-state index < -0.39 is 0 Å². The molecule has 4 nitrogen and oxygen atoms in total. The van der Waals surface area contributed by atoms with Crippen LogP contribution in [-0.4, -0.2) is 16.8 Å². The van der Waals surface area contributed by atoms with E-state index in [0.717, 1.165) is 22.3 Å². The highest BCUT2D eigenvalue weighted by Gasteiger charge is 2.08. The number of anilines is 1. The molecule has 0 atom stereocenters. The summed E-state index contributed by atoms with van der Waals surface area (Å²) < 4.78 is 2.88. The molecule has 0 aliphatic carbocycles. The molecule has 0 unspecified atom stereocenters. The molecule has 0 spiro atoms. The topological polar surface area (TPSA) is 47.1 Å². The quantitative estimate of drug-likeness (QED) is 0.942. The molecular weight excluding hydrogens is 292 g/mol. The van der Waals surface area contributed by atoms with Crippen LogP contribution in [0.2, 0.25) is 0 Å². The first kappa shape index (κ1) is 13.1. The zero-order valence-electron chi connectivity index (χ0n) is 10.6. The van der Waals surface area contributed by atoms with Gasteiger partial charge in [-0.05, 0) is 17.7 Å². The lowest BCUT2D eigenvalue weighted by atomic mass is 10.1. The molecule has 0 amide bonds. The van der Waals surface area contributed by atoms with Crippen molar-refractivity contribution in [2.75, 3.05) is 11.9 Å². The van der Waals surface area contributed by atoms with Crippen molar-refractivity contribution in [1.82, 2.24) is 9.78 Å². The van der Waals surface area contributed by atoms with Crippen LogP contribution in [0.4, 0.5) is 5.69 Å². The van der Waals surface area contributed by atoms with Crippen LogP contribution in [0.3, 0.4) is 0 Å². The van der Waals surface area contributed by atoms with E-state index in [0.29, 0.717) is 6.54 Å². The van der Waals surface area contributed by atoms with Gasteiger partial charge in [0.2, 0.25) is 0 Å². The maximum Gasteiger partial charge on any atom is 0.0539 e. The molecule has 1 heterocycles. The van der Waals surface area contributed by atoms with Gasteiger partial charge in [-0.15, -0.1) is 0 Å². The summed E-state index contributed by atoms with van der Waals surface area (Å²) in [7, 11) is 3.99. The van der Waals surface area contributed by atoms with E-state index in [1.165, 1.54) is 5.56 Å². The van der Waals surface area contributed by atoms with Gasteiger partial charge in [0.25, 0.3) is 0 Å². The minimum Gasteiger partial charge on any atom is -0.370 e. The average molecular weight is 309 g/mol. The number of benzene rings is 1. The van der Waals surface area contributed by atoms with E-state index in [1.807, 2.05) is 30.2 Å². The molecule has 1 aromatic heterocycles. The van der Waals surface area contributed by atoms with E-state index in [9.17, 15) is 0 Å². The molecule has 18 heavy (non-hydrogen) atoms. The van der Waals surface area contributed by atoms with Gasteiger partial charge >= 0.3 is 0 Å². The van der Waals surface area contributed by atoms with Crippen LogP contribution in [-0.2, 0) is 20.1 Å². The third-order valence-corrected chi connectivity index (χ3v) is 3.35. The molecular formula is C13H17BrN4. The second kappa shape index (κ2) is 5.54. The number of hydrogen-bond donors (Lipinski definition) is 1. The summed E-state index contributed by atoms with van der Waals surface area (Å²) in [5.74, 6) is 0. The monoisotopic (exact) mass is 308 g/mol. The minimum absolute atomic E-state index is 0.542. The maximum absolute atomic E-state index is 5.78. The number of nitrogens with zero attached hydrogens (tertiary/aromatic N) is 3. The van der Waals surface area contributed by atoms with Crippen molar-refractivity contribution in [2.24, 2.45) is 12.8 Å². The number of halogens is 1. The van der Waals surface area contributed by atoms with Gasteiger partial charge in [-0.25, -0.2) is 0 Å². The Morgan fingerprint density at radius 2 is 2.22 bits per heavy atom. The average Bonchev–Trinajstić information content (AvgIpc) is 2.74. The van der Waals surface area contributed by atoms with Gasteiger partial charge in [0.05, 0.1) is 6.20 Å². The Morgan fingerprint density at radius 3 is 2.83 bits per heavy atom. The standard InChI is InChI=1S/C13H17BrN4/c1-17(8-10-7-16-18(2)9-10)13-5-12(14)4-3-11(13)6-15/h3-5,7,9H,6,8,15H2,1-2H3. The summed E-state index contributed by atoms with van der Waals surface area (Å²) in [5, 5.41) is 4.18. The zero-order valence-corrected chi connectivity index (χ0v) is 12.2. The molecule has 0 bridgehead atoms. The third kappa shape index (κ3) is 2.91. The number of aromatic nitrogens is 2. The summed E-state index contributed by atoms with van der Waals surface area (Å²) in [6.45, 7) is 1.36. The Kier molecular flexibility index (Phi) is 4.04. The first-order valence-corrected chi connectivity index (χ1v) is 6.56. The molecule has 0 fully saturated rings. The molecule has 2 N–H and O–H groups in total. The molecule has 1 aromatic carbocycles. The smallest absolute Gasteiger partial charge is 0.0539 e. The van der Waals surface area contributed by atoms with Gasteiger partial charge in [0.15, 0.2) is 0 Å². The van der Waals surface area contributed by atoms with Crippen LogP contribution in [0, 0.1) is 0 Å². The van der Waals surface area contributed by atoms with Crippen LogP contribution < -0.4 is 10.6 Å². The second-order valence-corrected chi connectivity index (χ2v) is 5.27. The largest absolute Gasteiger partial charge is 0.370 e. The molecule has 0 saturated heterocycles. The molecule has 0 aliphatic heterocycles. The lowest BCUT2D eigenvalue weighted by Gasteiger charge is -2.21. The fraction of sp³-hybridized carbons (Fsp3) is 0.308. The summed E-state index contributed by atoms with van der Waals surface area (Å²) in [6.07, 6.45) is 3.91. The molecule has 0 radical (unpaired) electrons. The van der Waals surface area contributed by atoms with E-state index in [-0.39, 0.29) is 0 Å². The number of hydrogen-bond acceptors (Lipinski definition) is 3. The fourth-order valence-electron chi connectivity index (χ4n) is 1.98. The highest BCUT2D eigenvalue weighted by atomic mass is 79.9. The Hall–Kier alpha value is -1.33. The van der Waals surface area contributed by atoms with Gasteiger partial charge < -0.3 is 10.6 Å². The van der Waals surface area contributed by atoms with Gasteiger partial charge in [-0.3, -0.25) is 4.68 Å². The van der Waals surface area contributed by atoms with Crippen LogP contribution in [0.25, 0.3) is 0 Å². The van der Waals surface area contributed by atoms with Gasteiger partial charge in [-0.1, -0.05) is 22.0 Å². The SMILES string of the molecule is CN(Cc1cnn(C)c1)c1cc(Br)ccc1CN. The zero-order chi connectivity index (χ0) is 13.1. The lowest BCUT2D eigenvalue weighted by Crippen LogP contribution is -2.18. The van der Waals surface area contributed by atoms with Crippen molar-refractivity contribution in [3.8, 4) is 0 Å². The van der Waals surface area contributed by atoms with Crippen LogP contribution in [0.5, 0.6) is 0 Å². The van der Waals surface area contributed by atoms with Crippen LogP contribution >= 0.6 is 15.9 Å². The molecule has 96 valence electrons.